The van der Waals surface area contributed by atoms with E-state index in [-0.39, 0.29) is 22.9 Å². The Balaban J connectivity index is 1.72. The predicted molar refractivity (Wildman–Crippen MR) is 153 cm³/mol. The molecule has 0 N–H and O–H groups in total. The van der Waals surface area contributed by atoms with Crippen LogP contribution in [0.1, 0.15) is 67.3 Å². The molecule has 5 rings (SSSR count). The molecule has 190 valence electrons. The fourth-order valence-electron chi connectivity index (χ4n) is 5.41. The number of hydrogen-bond acceptors (Lipinski definition) is 4. The van der Waals surface area contributed by atoms with Gasteiger partial charge >= 0.3 is 0 Å². The molecule has 1 aliphatic rings. The Morgan fingerprint density at radius 2 is 1.62 bits per heavy atom. The zero-order valence-corrected chi connectivity index (χ0v) is 22.7. The monoisotopic (exact) mass is 492 g/mol. The van der Waals surface area contributed by atoms with Crippen LogP contribution in [-0.2, 0) is 6.42 Å². The maximum atomic E-state index is 14.0. The van der Waals surface area contributed by atoms with Crippen LogP contribution >= 0.6 is 0 Å². The molecule has 0 aliphatic carbocycles. The highest BCUT2D eigenvalue weighted by molar-refractivity contribution is 6.00. The Morgan fingerprint density at radius 3 is 2.30 bits per heavy atom. The van der Waals surface area contributed by atoms with Gasteiger partial charge in [0.05, 0.1) is 17.0 Å². The van der Waals surface area contributed by atoms with Crippen molar-refractivity contribution in [3.05, 3.63) is 117 Å². The van der Waals surface area contributed by atoms with E-state index in [9.17, 15) is 4.79 Å². The molecule has 3 aromatic carbocycles. The van der Waals surface area contributed by atoms with Crippen molar-refractivity contribution < 1.29 is 4.42 Å². The van der Waals surface area contributed by atoms with Gasteiger partial charge in [-0.15, -0.1) is 0 Å². The van der Waals surface area contributed by atoms with Crippen LogP contribution in [0.2, 0.25) is 0 Å². The number of rotatable bonds is 6. The van der Waals surface area contributed by atoms with Gasteiger partial charge in [0.25, 0.3) is 0 Å². The van der Waals surface area contributed by atoms with E-state index in [4.69, 9.17) is 9.41 Å². The van der Waals surface area contributed by atoms with E-state index in [1.54, 1.807) is 0 Å². The van der Waals surface area contributed by atoms with Gasteiger partial charge in [0.1, 0.15) is 17.2 Å². The Bertz CT molecular complexity index is 1510. The molecule has 1 aromatic heterocycles. The second-order valence-corrected chi connectivity index (χ2v) is 11.4. The van der Waals surface area contributed by atoms with Crippen LogP contribution in [-0.4, -0.2) is 22.8 Å². The lowest BCUT2D eigenvalue weighted by molar-refractivity contribution is 0.210. The van der Waals surface area contributed by atoms with Crippen molar-refractivity contribution in [3.8, 4) is 0 Å². The number of fused-ring (bicyclic) bond motifs is 1. The summed E-state index contributed by atoms with van der Waals surface area (Å²) in [5, 5.41) is 0.636. The molecule has 4 nitrogen and oxygen atoms in total. The molecule has 4 heteroatoms. The minimum Gasteiger partial charge on any atom is -0.458 e. The summed E-state index contributed by atoms with van der Waals surface area (Å²) in [6.07, 6.45) is 0.528. The molecule has 0 fully saturated rings. The van der Waals surface area contributed by atoms with Gasteiger partial charge in [-0.05, 0) is 56.9 Å². The maximum absolute atomic E-state index is 14.0. The first kappa shape index (κ1) is 25.0. The maximum Gasteiger partial charge on any atom is 0.196 e. The first-order chi connectivity index (χ1) is 17.6. The zero-order chi connectivity index (χ0) is 26.3. The number of aryl methyl sites for hydroxylation is 2. The van der Waals surface area contributed by atoms with Crippen molar-refractivity contribution in [1.29, 1.82) is 0 Å². The van der Waals surface area contributed by atoms with Crippen LogP contribution in [0, 0.1) is 19.8 Å². The van der Waals surface area contributed by atoms with E-state index in [2.05, 4.69) is 75.9 Å². The minimum atomic E-state index is -0.249. The molecule has 1 atom stereocenters. The van der Waals surface area contributed by atoms with Crippen LogP contribution in [0.5, 0.6) is 0 Å². The van der Waals surface area contributed by atoms with Crippen molar-refractivity contribution in [3.63, 3.8) is 0 Å². The fourth-order valence-corrected chi connectivity index (χ4v) is 5.41. The Labute approximate surface area is 219 Å². The van der Waals surface area contributed by atoms with Crippen LogP contribution in [0.3, 0.4) is 0 Å². The van der Waals surface area contributed by atoms with Crippen LogP contribution in [0.4, 0.5) is 0 Å². The molecule has 4 aromatic rings. The van der Waals surface area contributed by atoms with Crippen LogP contribution in [0.15, 0.2) is 87.0 Å². The van der Waals surface area contributed by atoms with Gasteiger partial charge in [0, 0.05) is 24.1 Å². The molecule has 0 spiro atoms. The molecular formula is C33H36N2O2. The highest BCUT2D eigenvalue weighted by Crippen LogP contribution is 2.38. The molecule has 0 unspecified atom stereocenters. The Kier molecular flexibility index (Phi) is 6.53. The van der Waals surface area contributed by atoms with Crippen molar-refractivity contribution in [2.75, 3.05) is 6.54 Å². The first-order valence-corrected chi connectivity index (χ1v) is 13.2. The smallest absolute Gasteiger partial charge is 0.196 e. The Morgan fingerprint density at radius 1 is 0.946 bits per heavy atom. The molecular weight excluding hydrogens is 456 g/mol. The number of benzene rings is 3. The van der Waals surface area contributed by atoms with E-state index in [1.165, 1.54) is 5.56 Å². The molecule has 0 bridgehead atoms. The van der Waals surface area contributed by atoms with Gasteiger partial charge in [-0.1, -0.05) is 80.1 Å². The zero-order valence-electron chi connectivity index (χ0n) is 22.7. The standard InChI is InChI=1S/C33H36N2O2/c1-21(2)29(35-20-33(5,6)34-32(35)25-15-12-22(3)13-16-25)31-27(19-24-10-8-7-9-11-24)30(36)26-17-14-23(4)18-28(26)37-31/h7-18,21,29H,19-20H2,1-6H3/t29-/m1/s1. The summed E-state index contributed by atoms with van der Waals surface area (Å²) in [5.74, 6) is 1.89. The van der Waals surface area contributed by atoms with Gasteiger partial charge in [0.15, 0.2) is 5.43 Å². The van der Waals surface area contributed by atoms with Crippen molar-refractivity contribution in [2.45, 2.75) is 59.5 Å². The highest BCUT2D eigenvalue weighted by Gasteiger charge is 2.40. The van der Waals surface area contributed by atoms with Gasteiger partial charge < -0.3 is 9.32 Å². The van der Waals surface area contributed by atoms with E-state index < -0.39 is 0 Å². The summed E-state index contributed by atoms with van der Waals surface area (Å²) in [5.41, 5.74) is 5.66. The summed E-state index contributed by atoms with van der Waals surface area (Å²) in [6, 6.07) is 24.5. The summed E-state index contributed by atoms with van der Waals surface area (Å²) >= 11 is 0. The predicted octanol–water partition coefficient (Wildman–Crippen LogP) is 7.24. The number of nitrogens with zero attached hydrogens (tertiary/aromatic N) is 2. The van der Waals surface area contributed by atoms with E-state index in [0.29, 0.717) is 17.4 Å². The van der Waals surface area contributed by atoms with Crippen LogP contribution in [0.25, 0.3) is 11.0 Å². The van der Waals surface area contributed by atoms with E-state index in [1.807, 2.05) is 43.3 Å². The van der Waals surface area contributed by atoms with E-state index >= 15 is 0 Å². The minimum absolute atomic E-state index is 0.0537. The van der Waals surface area contributed by atoms with Crippen molar-refractivity contribution in [1.82, 2.24) is 4.90 Å². The highest BCUT2D eigenvalue weighted by atomic mass is 16.3. The summed E-state index contributed by atoms with van der Waals surface area (Å²) < 4.78 is 6.74. The third-order valence-electron chi connectivity index (χ3n) is 7.18. The second kappa shape index (κ2) is 9.66. The first-order valence-electron chi connectivity index (χ1n) is 13.2. The van der Waals surface area contributed by atoms with Gasteiger partial charge in [0.2, 0.25) is 0 Å². The average molecular weight is 493 g/mol. The number of aliphatic imine (C=N–C) groups is 1. The molecule has 0 radical (unpaired) electrons. The third kappa shape index (κ3) is 4.98. The van der Waals surface area contributed by atoms with Crippen LogP contribution < -0.4 is 5.43 Å². The van der Waals surface area contributed by atoms with Crippen molar-refractivity contribution in [2.24, 2.45) is 10.9 Å². The van der Waals surface area contributed by atoms with E-state index in [0.717, 1.165) is 40.4 Å². The fraction of sp³-hybridized carbons (Fsp3) is 0.333. The Hall–Kier alpha value is -3.66. The van der Waals surface area contributed by atoms with Gasteiger partial charge in [-0.2, -0.15) is 0 Å². The summed E-state index contributed by atoms with van der Waals surface area (Å²) in [7, 11) is 0. The summed E-state index contributed by atoms with van der Waals surface area (Å²) in [4.78, 5) is 21.5. The lowest BCUT2D eigenvalue weighted by Gasteiger charge is -2.35. The molecule has 0 saturated carbocycles. The SMILES string of the molecule is Cc1ccc(C2=NC(C)(C)CN2[C@@H](c2oc3cc(C)ccc3c(=O)c2Cc2ccccc2)C(C)C)cc1. The quantitative estimate of drug-likeness (QED) is 0.285. The molecule has 0 saturated heterocycles. The summed E-state index contributed by atoms with van der Waals surface area (Å²) in [6.45, 7) is 13.6. The average Bonchev–Trinajstić information content (AvgIpc) is 3.17. The molecule has 37 heavy (non-hydrogen) atoms. The normalized spacial score (nSPS) is 15.9. The lowest BCUT2D eigenvalue weighted by atomic mass is 9.91. The molecule has 0 amide bonds. The molecule has 1 aliphatic heterocycles. The topological polar surface area (TPSA) is 45.8 Å². The molecule has 2 heterocycles. The lowest BCUT2D eigenvalue weighted by Crippen LogP contribution is -2.39. The third-order valence-corrected chi connectivity index (χ3v) is 7.18. The largest absolute Gasteiger partial charge is 0.458 e. The van der Waals surface area contributed by atoms with Gasteiger partial charge in [-0.3, -0.25) is 9.79 Å². The van der Waals surface area contributed by atoms with Gasteiger partial charge in [-0.25, -0.2) is 0 Å². The number of amidine groups is 1. The number of hydrogen-bond donors (Lipinski definition) is 0. The van der Waals surface area contributed by atoms with Crippen molar-refractivity contribution >= 4 is 16.8 Å². The second-order valence-electron chi connectivity index (χ2n) is 11.4.